The first kappa shape index (κ1) is 20.0. The number of hydrogen-bond donors (Lipinski definition) is 1. The molecule has 0 aromatic heterocycles. The van der Waals surface area contributed by atoms with Gasteiger partial charge in [0.15, 0.2) is 0 Å². The molecule has 0 atom stereocenters. The number of aliphatic hydroxyl groups is 1. The van der Waals surface area contributed by atoms with Crippen LogP contribution in [0.2, 0.25) is 0 Å². The average Bonchev–Trinajstić information content (AvgIpc) is 2.03. The van der Waals surface area contributed by atoms with E-state index in [1.54, 1.807) is 0 Å². The van der Waals surface area contributed by atoms with Crippen molar-refractivity contribution in [1.29, 1.82) is 0 Å². The molecule has 0 rings (SSSR count). The van der Waals surface area contributed by atoms with Crippen LogP contribution in [0.1, 0.15) is 0 Å². The van der Waals surface area contributed by atoms with Crippen molar-refractivity contribution in [1.82, 2.24) is 0 Å². The van der Waals surface area contributed by atoms with Gasteiger partial charge in [-0.05, 0) is 0 Å². The molecule has 0 aliphatic rings. The van der Waals surface area contributed by atoms with Crippen molar-refractivity contribution in [3.8, 4) is 0 Å². The minimum absolute atomic E-state index is 0. The summed E-state index contributed by atoms with van der Waals surface area (Å²) in [6.07, 6.45) is 0.911. The number of rotatable bonds is 4. The van der Waals surface area contributed by atoms with Crippen LogP contribution in [-0.4, -0.2) is 56.3 Å². The largest absolute Gasteiger partial charge is 1.00 e. The Kier molecular flexibility index (Phi) is 15.5. The molecule has 1 N–H and O–H groups in total. The second kappa shape index (κ2) is 11.6. The van der Waals surface area contributed by atoms with Gasteiger partial charge in [-0.3, -0.25) is 4.79 Å². The van der Waals surface area contributed by atoms with Crippen molar-refractivity contribution in [3.05, 3.63) is 12.7 Å². The fourth-order valence-electron chi connectivity index (χ4n) is 0.396. The maximum absolute atomic E-state index is 9.84. The maximum atomic E-state index is 9.84. The molecule has 6 heteroatoms. The number of carbonyl (C=O) groups is 2. The summed E-state index contributed by atoms with van der Waals surface area (Å²) in [6, 6.07) is 0. The van der Waals surface area contributed by atoms with Gasteiger partial charge in [0.1, 0.15) is 6.54 Å². The van der Waals surface area contributed by atoms with Gasteiger partial charge in [-0.15, -0.1) is 0 Å². The van der Waals surface area contributed by atoms with E-state index in [0.29, 0.717) is 0 Å². The Morgan fingerprint density at radius 2 is 1.93 bits per heavy atom. The van der Waals surface area contributed by atoms with E-state index < -0.39 is 5.97 Å². The third kappa shape index (κ3) is 24.7. The summed E-state index contributed by atoms with van der Waals surface area (Å²) in [6.45, 7) is 4.22. The predicted molar refractivity (Wildman–Crippen MR) is 52.3 cm³/mol. The van der Waals surface area contributed by atoms with E-state index >= 15 is 0 Å². The fraction of sp³-hybridized carbons (Fsp3) is 0.556. The molecule has 5 nitrogen and oxygen atoms in total. The van der Waals surface area contributed by atoms with Crippen LogP contribution in [-0.2, 0) is 14.3 Å². The third-order valence-corrected chi connectivity index (χ3v) is 1.10. The molecule has 15 heavy (non-hydrogen) atoms. The molecular weight excluding hydrogens is 313 g/mol. The summed E-state index contributed by atoms with van der Waals surface area (Å²) in [5.41, 5.74) is 0. The zero-order chi connectivity index (χ0) is 11.6. The lowest BCUT2D eigenvalue weighted by Crippen LogP contribution is -3.00. The van der Waals surface area contributed by atoms with Crippen LogP contribution in [0.3, 0.4) is 0 Å². The van der Waals surface area contributed by atoms with Crippen LogP contribution < -0.4 is 24.0 Å². The Morgan fingerprint density at radius 3 is 2.00 bits per heavy atom. The van der Waals surface area contributed by atoms with Crippen LogP contribution in [0.15, 0.2) is 12.7 Å². The van der Waals surface area contributed by atoms with E-state index in [4.69, 9.17) is 5.11 Å². The highest BCUT2D eigenvalue weighted by molar-refractivity contribution is 5.85. The molecule has 0 amide bonds. The number of quaternary nitrogens is 1. The van der Waals surface area contributed by atoms with E-state index in [1.165, 1.54) is 0 Å². The molecule has 0 aromatic carbocycles. The topological polar surface area (TPSA) is 63.6 Å². The summed E-state index contributed by atoms with van der Waals surface area (Å²) in [5, 5.41) is 8.39. The summed E-state index contributed by atoms with van der Waals surface area (Å²) in [5.74, 6) is -0.727. The first-order valence-corrected chi connectivity index (χ1v) is 4.05. The normalized spacial score (nSPS) is 8.80. The van der Waals surface area contributed by atoms with Crippen LogP contribution in [0.5, 0.6) is 0 Å². The Morgan fingerprint density at radius 1 is 1.47 bits per heavy atom. The zero-order valence-corrected chi connectivity index (χ0v) is 11.4. The van der Waals surface area contributed by atoms with E-state index in [2.05, 4.69) is 32.5 Å². The zero-order valence-electron chi connectivity index (χ0n) is 9.27. The summed E-state index contributed by atoms with van der Waals surface area (Å²) in [7, 11) is 6.16. The van der Waals surface area contributed by atoms with Gasteiger partial charge in [-0.2, -0.15) is 0 Å². The molecule has 0 saturated carbocycles. The molecule has 0 fully saturated rings. The monoisotopic (exact) mass is 331 g/mol. The molecule has 0 aliphatic heterocycles. The predicted octanol–water partition coefficient (Wildman–Crippen LogP) is -3.44. The number of ether oxygens (including phenoxy) is 1. The van der Waals surface area contributed by atoms with Gasteiger partial charge in [0.2, 0.25) is 0 Å². The molecule has 0 saturated heterocycles. The van der Waals surface area contributed by atoms with E-state index in [9.17, 15) is 9.59 Å². The van der Waals surface area contributed by atoms with Crippen molar-refractivity contribution < 1.29 is 47.9 Å². The quantitative estimate of drug-likeness (QED) is 0.145. The van der Waals surface area contributed by atoms with Gasteiger partial charge in [-0.1, -0.05) is 6.58 Å². The highest BCUT2D eigenvalue weighted by Gasteiger charge is 2.02. The van der Waals surface area contributed by atoms with E-state index in [0.717, 1.165) is 17.1 Å². The minimum atomic E-state index is -0.727. The molecule has 0 aromatic rings. The molecule has 0 heterocycles. The Bertz CT molecular complexity index is 189. The van der Waals surface area contributed by atoms with Crippen molar-refractivity contribution in [2.75, 3.05) is 34.3 Å². The smallest absolute Gasteiger partial charge is 0.337 e. The maximum Gasteiger partial charge on any atom is 0.337 e. The van der Waals surface area contributed by atoms with Gasteiger partial charge >= 0.3 is 12.4 Å². The van der Waals surface area contributed by atoms with Crippen molar-refractivity contribution in [3.63, 3.8) is 0 Å². The van der Waals surface area contributed by atoms with E-state index in [1.807, 2.05) is 0 Å². The number of likely N-dealkylation sites (N-methyl/N-ethyl adjacent to an activating group) is 1. The number of carbonyl (C=O) groups excluding carboxylic acids is 2. The lowest BCUT2D eigenvalue weighted by atomic mass is 10.5. The van der Waals surface area contributed by atoms with Gasteiger partial charge < -0.3 is 38.3 Å². The van der Waals surface area contributed by atoms with Crippen molar-refractivity contribution >= 4 is 12.4 Å². The van der Waals surface area contributed by atoms with Gasteiger partial charge in [0, 0.05) is 6.08 Å². The minimum Gasteiger partial charge on any atom is -1.00 e. The lowest BCUT2D eigenvalue weighted by Gasteiger charge is -2.21. The highest BCUT2D eigenvalue weighted by Crippen LogP contribution is 1.84. The van der Waals surface area contributed by atoms with Crippen molar-refractivity contribution in [2.45, 2.75) is 0 Å². The first-order chi connectivity index (χ1) is 6.37. The summed E-state index contributed by atoms with van der Waals surface area (Å²) >= 11 is 0. The molecule has 0 spiro atoms. The van der Waals surface area contributed by atoms with Gasteiger partial charge in [0.25, 0.3) is 0 Å². The highest BCUT2D eigenvalue weighted by atomic mass is 127. The van der Waals surface area contributed by atoms with Crippen LogP contribution in [0.4, 0.5) is 0 Å². The second-order valence-corrected chi connectivity index (χ2v) is 3.47. The van der Waals surface area contributed by atoms with Crippen LogP contribution in [0, 0.1) is 0 Å². The third-order valence-electron chi connectivity index (χ3n) is 1.10. The Balaban J connectivity index is -0.000000180. The van der Waals surface area contributed by atoms with E-state index in [-0.39, 0.29) is 37.1 Å². The first-order valence-electron chi connectivity index (χ1n) is 4.05. The number of esters is 1. The second-order valence-electron chi connectivity index (χ2n) is 3.47. The van der Waals surface area contributed by atoms with Crippen molar-refractivity contribution in [2.24, 2.45) is 0 Å². The number of hydrogen-bond acceptors (Lipinski definition) is 4. The SMILES string of the molecule is C=CC(=O)OC=O.C[N+](C)(C)CCO.[I-]. The summed E-state index contributed by atoms with van der Waals surface area (Å²) in [4.78, 5) is 19.1. The number of aliphatic hydroxyl groups excluding tert-OH is 1. The number of nitrogens with zero attached hydrogens (tertiary/aromatic N) is 1. The summed E-state index contributed by atoms with van der Waals surface area (Å²) < 4.78 is 4.60. The lowest BCUT2D eigenvalue weighted by molar-refractivity contribution is -0.870. The molecule has 90 valence electrons. The standard InChI is InChI=1S/C5H14NO.C4H4O3.HI/c1-6(2,3)4-5-7;1-2-4(6)7-3-5;/h7H,4-5H2,1-3H3;2-3H,1H2;1H/q+1;;/p-1. The average molecular weight is 331 g/mol. The molecule has 0 radical (unpaired) electrons. The van der Waals surface area contributed by atoms with Gasteiger partial charge in [0.05, 0.1) is 27.7 Å². The molecule has 0 unspecified atom stereocenters. The van der Waals surface area contributed by atoms with Gasteiger partial charge in [-0.25, -0.2) is 4.79 Å². The Hall–Kier alpha value is -0.470. The Labute approximate surface area is 107 Å². The van der Waals surface area contributed by atoms with Crippen LogP contribution >= 0.6 is 0 Å². The van der Waals surface area contributed by atoms with Crippen LogP contribution in [0.25, 0.3) is 0 Å². The fourth-order valence-corrected chi connectivity index (χ4v) is 0.396. The molecular formula is C9H18INO4. The number of halogens is 1. The molecule has 0 aliphatic carbocycles. The molecule has 0 bridgehead atoms.